The highest BCUT2D eigenvalue weighted by atomic mass is 35.5. The topological polar surface area (TPSA) is 70.7 Å². The number of nitrogens with one attached hydrogen (secondary N) is 2. The number of para-hydroxylation sites is 1. The van der Waals surface area contributed by atoms with Crippen LogP contribution in [0.2, 0.25) is 5.02 Å². The van der Waals surface area contributed by atoms with Crippen LogP contribution in [-0.2, 0) is 4.79 Å². The molecular weight excluding hydrogens is 485 g/mol. The van der Waals surface area contributed by atoms with E-state index in [1.807, 2.05) is 54.6 Å². The second-order valence-electron chi connectivity index (χ2n) is 8.62. The molecule has 0 aromatic heterocycles. The number of ether oxygens (including phenoxy) is 1. The van der Waals surface area contributed by atoms with Crippen molar-refractivity contribution in [3.05, 3.63) is 83.9 Å². The number of carbonyl (C=O) groups is 2. The van der Waals surface area contributed by atoms with E-state index in [1.54, 1.807) is 43.0 Å². The summed E-state index contributed by atoms with van der Waals surface area (Å²) in [6, 6.07) is 23.4. The number of nitrogens with zero attached hydrogens (tertiary/aromatic N) is 1. The zero-order valence-corrected chi connectivity index (χ0v) is 21.3. The van der Waals surface area contributed by atoms with Crippen LogP contribution in [0.3, 0.4) is 0 Å². The van der Waals surface area contributed by atoms with E-state index in [9.17, 15) is 9.59 Å². The number of hydrogen-bond donors (Lipinski definition) is 2. The molecule has 0 saturated carbocycles. The molecule has 3 aromatic carbocycles. The average Bonchev–Trinajstić information content (AvgIpc) is 2.86. The molecule has 6 nitrogen and oxygen atoms in total. The number of halogens is 2. The molecule has 0 aliphatic carbocycles. The standard InChI is InChI=1S/C27H29Cl2N3O3/c1-27(2,19-28)25(33)30-17-6-18-32(26(34)31-21-11-9-20(29)10-12-21)22-13-15-24(16-14-22)35-23-7-4-3-5-8-23/h3-5,7-16H,6,17-19H2,1-2H3,(H,30,33)(H,31,34). The molecule has 184 valence electrons. The Kier molecular flexibility index (Phi) is 9.40. The highest BCUT2D eigenvalue weighted by Gasteiger charge is 2.26. The van der Waals surface area contributed by atoms with Gasteiger partial charge >= 0.3 is 6.03 Å². The second-order valence-corrected chi connectivity index (χ2v) is 9.33. The molecule has 0 fully saturated rings. The van der Waals surface area contributed by atoms with Crippen molar-refractivity contribution in [2.45, 2.75) is 20.3 Å². The van der Waals surface area contributed by atoms with Gasteiger partial charge in [0.2, 0.25) is 5.91 Å². The fourth-order valence-electron chi connectivity index (χ4n) is 3.13. The van der Waals surface area contributed by atoms with Crippen molar-refractivity contribution in [3.63, 3.8) is 0 Å². The number of benzene rings is 3. The summed E-state index contributed by atoms with van der Waals surface area (Å²) in [6.45, 7) is 4.39. The van der Waals surface area contributed by atoms with Gasteiger partial charge in [-0.05, 0) is 80.9 Å². The maximum Gasteiger partial charge on any atom is 0.326 e. The van der Waals surface area contributed by atoms with Crippen molar-refractivity contribution in [1.29, 1.82) is 0 Å². The molecule has 0 radical (unpaired) electrons. The minimum atomic E-state index is -0.651. The number of urea groups is 1. The summed E-state index contributed by atoms with van der Waals surface area (Å²) in [5.41, 5.74) is 0.678. The van der Waals surface area contributed by atoms with E-state index in [1.165, 1.54) is 0 Å². The van der Waals surface area contributed by atoms with E-state index < -0.39 is 5.41 Å². The van der Waals surface area contributed by atoms with E-state index in [4.69, 9.17) is 27.9 Å². The van der Waals surface area contributed by atoms with Gasteiger partial charge < -0.3 is 15.4 Å². The van der Waals surface area contributed by atoms with Crippen LogP contribution < -0.4 is 20.3 Å². The van der Waals surface area contributed by atoms with Crippen LogP contribution in [0.5, 0.6) is 11.5 Å². The maximum absolute atomic E-state index is 13.2. The predicted molar refractivity (Wildman–Crippen MR) is 143 cm³/mol. The van der Waals surface area contributed by atoms with Gasteiger partial charge in [-0.1, -0.05) is 29.8 Å². The van der Waals surface area contributed by atoms with E-state index in [0.717, 1.165) is 5.75 Å². The zero-order chi connectivity index (χ0) is 25.3. The molecule has 0 spiro atoms. The fourth-order valence-corrected chi connectivity index (χ4v) is 3.38. The third-order valence-electron chi connectivity index (χ3n) is 5.26. The van der Waals surface area contributed by atoms with Gasteiger partial charge in [0.15, 0.2) is 0 Å². The van der Waals surface area contributed by atoms with Crippen LogP contribution >= 0.6 is 23.2 Å². The molecule has 8 heteroatoms. The van der Waals surface area contributed by atoms with Crippen LogP contribution in [0.4, 0.5) is 16.2 Å². The minimum absolute atomic E-state index is 0.118. The van der Waals surface area contributed by atoms with E-state index in [-0.39, 0.29) is 17.8 Å². The Morgan fingerprint density at radius 2 is 1.54 bits per heavy atom. The van der Waals surface area contributed by atoms with Gasteiger partial charge in [-0.2, -0.15) is 0 Å². The molecule has 3 aromatic rings. The maximum atomic E-state index is 13.2. The highest BCUT2D eigenvalue weighted by Crippen LogP contribution is 2.25. The van der Waals surface area contributed by atoms with Crippen molar-refractivity contribution < 1.29 is 14.3 Å². The SMILES string of the molecule is CC(C)(CCl)C(=O)NCCCN(C(=O)Nc1ccc(Cl)cc1)c1ccc(Oc2ccccc2)cc1. The second kappa shape index (κ2) is 12.5. The predicted octanol–water partition coefficient (Wildman–Crippen LogP) is 6.94. The summed E-state index contributed by atoms with van der Waals surface area (Å²) >= 11 is 11.8. The van der Waals surface area contributed by atoms with Gasteiger partial charge in [0, 0.05) is 35.4 Å². The number of carbonyl (C=O) groups excluding carboxylic acids is 2. The van der Waals surface area contributed by atoms with E-state index in [2.05, 4.69) is 10.6 Å². The van der Waals surface area contributed by atoms with Gasteiger partial charge in [-0.3, -0.25) is 9.69 Å². The monoisotopic (exact) mass is 513 g/mol. The number of hydrogen-bond acceptors (Lipinski definition) is 3. The lowest BCUT2D eigenvalue weighted by atomic mass is 9.95. The van der Waals surface area contributed by atoms with Gasteiger partial charge in [-0.25, -0.2) is 4.79 Å². The molecular formula is C27H29Cl2N3O3. The number of alkyl halides is 1. The first-order valence-electron chi connectivity index (χ1n) is 11.3. The van der Waals surface area contributed by atoms with Gasteiger partial charge in [0.25, 0.3) is 0 Å². The summed E-state index contributed by atoms with van der Waals surface area (Å²) in [6.07, 6.45) is 0.556. The van der Waals surface area contributed by atoms with Crippen molar-refractivity contribution in [2.75, 3.05) is 29.2 Å². The van der Waals surface area contributed by atoms with Gasteiger partial charge in [0.1, 0.15) is 11.5 Å². The quantitative estimate of drug-likeness (QED) is 0.227. The van der Waals surface area contributed by atoms with Crippen LogP contribution in [0.15, 0.2) is 78.9 Å². The Bertz CT molecular complexity index is 1100. The summed E-state index contributed by atoms with van der Waals surface area (Å²) in [5, 5.41) is 6.38. The lowest BCUT2D eigenvalue weighted by Gasteiger charge is -2.24. The van der Waals surface area contributed by atoms with Gasteiger partial charge in [0.05, 0.1) is 5.41 Å². The first-order chi connectivity index (χ1) is 16.8. The van der Waals surface area contributed by atoms with Crippen LogP contribution in [-0.4, -0.2) is 30.9 Å². The molecule has 0 aliphatic heterocycles. The molecule has 0 bridgehead atoms. The van der Waals surface area contributed by atoms with Crippen LogP contribution in [0, 0.1) is 5.41 Å². The molecule has 0 atom stereocenters. The normalized spacial score (nSPS) is 11.0. The van der Waals surface area contributed by atoms with Crippen molar-refractivity contribution >= 4 is 46.5 Å². The molecule has 0 aliphatic rings. The Labute approximate surface area is 216 Å². The summed E-state index contributed by atoms with van der Waals surface area (Å²) < 4.78 is 5.86. The molecule has 2 N–H and O–H groups in total. The molecule has 35 heavy (non-hydrogen) atoms. The molecule has 3 rings (SSSR count). The van der Waals surface area contributed by atoms with Crippen molar-refractivity contribution in [2.24, 2.45) is 5.41 Å². The first-order valence-corrected chi connectivity index (χ1v) is 12.2. The number of amides is 3. The molecule has 0 heterocycles. The Hall–Kier alpha value is -3.22. The van der Waals surface area contributed by atoms with Crippen molar-refractivity contribution in [3.8, 4) is 11.5 Å². The Balaban J connectivity index is 1.69. The van der Waals surface area contributed by atoms with Crippen LogP contribution in [0.25, 0.3) is 0 Å². The molecule has 0 unspecified atom stereocenters. The Morgan fingerprint density at radius 1 is 0.914 bits per heavy atom. The molecule has 0 saturated heterocycles. The first kappa shape index (κ1) is 26.4. The number of anilines is 2. The zero-order valence-electron chi connectivity index (χ0n) is 19.8. The Morgan fingerprint density at radius 3 is 2.17 bits per heavy atom. The fraction of sp³-hybridized carbons (Fsp3) is 0.259. The summed E-state index contributed by atoms with van der Waals surface area (Å²) in [7, 11) is 0. The number of rotatable bonds is 10. The summed E-state index contributed by atoms with van der Waals surface area (Å²) in [5.74, 6) is 1.50. The lowest BCUT2D eigenvalue weighted by Crippen LogP contribution is -2.41. The summed E-state index contributed by atoms with van der Waals surface area (Å²) in [4.78, 5) is 27.1. The van der Waals surface area contributed by atoms with Crippen LogP contribution in [0.1, 0.15) is 20.3 Å². The third kappa shape index (κ3) is 7.91. The van der Waals surface area contributed by atoms with Gasteiger partial charge in [-0.15, -0.1) is 11.6 Å². The molecule has 3 amide bonds. The van der Waals surface area contributed by atoms with Crippen molar-refractivity contribution in [1.82, 2.24) is 5.32 Å². The average molecular weight is 514 g/mol. The third-order valence-corrected chi connectivity index (χ3v) is 6.18. The lowest BCUT2D eigenvalue weighted by molar-refractivity contribution is -0.128. The van der Waals surface area contributed by atoms with E-state index >= 15 is 0 Å². The highest BCUT2D eigenvalue weighted by molar-refractivity contribution is 6.30. The smallest absolute Gasteiger partial charge is 0.326 e. The minimum Gasteiger partial charge on any atom is -0.457 e. The largest absolute Gasteiger partial charge is 0.457 e. The van der Waals surface area contributed by atoms with E-state index in [0.29, 0.717) is 41.7 Å².